The lowest BCUT2D eigenvalue weighted by Crippen LogP contribution is -2.50. The molecule has 0 unspecified atom stereocenters. The number of aliphatic imine (C=N–C) groups is 1. The normalized spacial score (nSPS) is 30.0. The number of nitrogens with zero attached hydrogens (tertiary/aromatic N) is 5. The monoisotopic (exact) mass is 530 g/mol. The standard InChI is InChI=1S/C31H42N6O2/c1-21(13-17-37-20-36(5)28-26(37)27(32)34-19-35-28)11-14-30(3)22(2)12-15-31(4)23(8-6-10-25(30)31)18-39-29(38)24-9-7-16-33-24/h7-9,13,16,19-20,22,25H,6,10-12,14-15,17-18H2,1-5H3,(H2-,32,33,34,35,38)/t22-,25-,30+,31-/m0/s1. The maximum atomic E-state index is 12.5. The number of ether oxygens (including phenoxy) is 1. The van der Waals surface area contributed by atoms with Crippen molar-refractivity contribution in [2.24, 2.45) is 34.7 Å². The van der Waals surface area contributed by atoms with Crippen molar-refractivity contribution in [1.82, 2.24) is 14.5 Å². The van der Waals surface area contributed by atoms with Gasteiger partial charge < -0.3 is 15.6 Å². The zero-order valence-electron chi connectivity index (χ0n) is 24.0. The molecule has 2 N–H and O–H groups in total. The molecule has 2 aliphatic carbocycles. The van der Waals surface area contributed by atoms with E-state index in [1.165, 1.54) is 30.3 Å². The summed E-state index contributed by atoms with van der Waals surface area (Å²) in [6.07, 6.45) is 20.1. The van der Waals surface area contributed by atoms with Crippen molar-refractivity contribution in [3.05, 3.63) is 59.7 Å². The maximum absolute atomic E-state index is 12.5. The summed E-state index contributed by atoms with van der Waals surface area (Å²) in [6.45, 7) is 10.7. The van der Waals surface area contributed by atoms with Gasteiger partial charge in [0.05, 0.1) is 25.2 Å². The third-order valence-electron chi connectivity index (χ3n) is 9.95. The van der Waals surface area contributed by atoms with Gasteiger partial charge in [0, 0.05) is 12.8 Å². The molecule has 1 aliphatic heterocycles. The molecule has 2 aromatic rings. The Kier molecular flexibility index (Phi) is 7.40. The summed E-state index contributed by atoms with van der Waals surface area (Å²) in [4.78, 5) is 12.7. The molecule has 0 saturated heterocycles. The topological polar surface area (TPSA) is 105 Å². The number of nitrogens with two attached hydrogens (primary N) is 1. The van der Waals surface area contributed by atoms with Gasteiger partial charge in [-0.2, -0.15) is 4.98 Å². The van der Waals surface area contributed by atoms with Crippen LogP contribution in [-0.4, -0.2) is 27.4 Å². The zero-order chi connectivity index (χ0) is 27.8. The van der Waals surface area contributed by atoms with Crippen LogP contribution in [0.3, 0.4) is 0 Å². The molecule has 8 nitrogen and oxygen atoms in total. The lowest BCUT2D eigenvalue weighted by Gasteiger charge is -2.58. The lowest BCUT2D eigenvalue weighted by atomic mass is 9.47. The molecule has 208 valence electrons. The Morgan fingerprint density at radius 1 is 1.31 bits per heavy atom. The minimum atomic E-state index is -0.336. The molecular formula is C31H42N6O2. The first-order valence-electron chi connectivity index (χ1n) is 14.2. The minimum Gasteiger partial charge on any atom is -0.607 e. The van der Waals surface area contributed by atoms with E-state index in [9.17, 15) is 5.11 Å². The van der Waals surface area contributed by atoms with Crippen molar-refractivity contribution in [3.8, 4) is 0 Å². The van der Waals surface area contributed by atoms with Gasteiger partial charge in [-0.05, 0) is 80.3 Å². The molecule has 1 fully saturated rings. The first-order chi connectivity index (χ1) is 18.6. The second kappa shape index (κ2) is 10.6. The summed E-state index contributed by atoms with van der Waals surface area (Å²) >= 11 is 0. The molecule has 0 amide bonds. The van der Waals surface area contributed by atoms with Crippen LogP contribution in [-0.2, 0) is 18.3 Å². The van der Waals surface area contributed by atoms with Crippen LogP contribution in [0.2, 0.25) is 0 Å². The molecule has 0 bridgehead atoms. The van der Waals surface area contributed by atoms with Crippen molar-refractivity contribution in [1.29, 1.82) is 0 Å². The highest BCUT2D eigenvalue weighted by atomic mass is 16.6. The SMILES string of the molecule is CC(=CCn1c[n+](C)c2ncnc(N)c21)CC[C@]1(C)[C@@H](C)CC[C@@]2(C)C(COC([O-])=C3C=CC=N3)=CCC[C@@H]12. The Balaban J connectivity index is 1.28. The molecular weight excluding hydrogens is 488 g/mol. The average Bonchev–Trinajstić information content (AvgIpc) is 3.57. The summed E-state index contributed by atoms with van der Waals surface area (Å²) < 4.78 is 9.86. The van der Waals surface area contributed by atoms with Crippen LogP contribution in [0.1, 0.15) is 66.2 Å². The van der Waals surface area contributed by atoms with Gasteiger partial charge in [0.15, 0.2) is 18.5 Å². The van der Waals surface area contributed by atoms with E-state index >= 15 is 0 Å². The van der Waals surface area contributed by atoms with E-state index in [1.807, 2.05) is 17.9 Å². The molecule has 1 saturated carbocycles. The second-order valence-corrected chi connectivity index (χ2v) is 12.2. The highest BCUT2D eigenvalue weighted by Crippen LogP contribution is 2.62. The summed E-state index contributed by atoms with van der Waals surface area (Å²) in [5.74, 6) is 1.37. The van der Waals surface area contributed by atoms with Gasteiger partial charge in [-0.3, -0.25) is 9.56 Å². The molecule has 0 spiro atoms. The van der Waals surface area contributed by atoms with Crippen molar-refractivity contribution in [2.45, 2.75) is 72.8 Å². The number of imidazole rings is 1. The van der Waals surface area contributed by atoms with Gasteiger partial charge in [0.25, 0.3) is 0 Å². The number of aryl methyl sites for hydroxylation is 1. The fourth-order valence-corrected chi connectivity index (χ4v) is 7.26. The van der Waals surface area contributed by atoms with Gasteiger partial charge in [0.2, 0.25) is 5.52 Å². The number of allylic oxidation sites excluding steroid dienone is 5. The van der Waals surface area contributed by atoms with E-state index in [4.69, 9.17) is 10.5 Å². The lowest BCUT2D eigenvalue weighted by molar-refractivity contribution is -0.647. The largest absolute Gasteiger partial charge is 0.607 e. The molecule has 2 aromatic heterocycles. The van der Waals surface area contributed by atoms with Gasteiger partial charge in [0.1, 0.15) is 0 Å². The highest BCUT2D eigenvalue weighted by Gasteiger charge is 2.53. The van der Waals surface area contributed by atoms with E-state index in [2.05, 4.69) is 59.4 Å². The Labute approximate surface area is 231 Å². The highest BCUT2D eigenvalue weighted by molar-refractivity contribution is 5.79. The Morgan fingerprint density at radius 2 is 2.13 bits per heavy atom. The van der Waals surface area contributed by atoms with Crippen LogP contribution in [0.4, 0.5) is 5.82 Å². The number of nitrogen functional groups attached to an aromatic ring is 1. The maximum Gasteiger partial charge on any atom is 0.307 e. The van der Waals surface area contributed by atoms with Gasteiger partial charge >= 0.3 is 5.65 Å². The van der Waals surface area contributed by atoms with Gasteiger partial charge in [-0.1, -0.05) is 49.1 Å². The predicted octanol–water partition coefficient (Wildman–Crippen LogP) is 4.53. The fourth-order valence-electron chi connectivity index (χ4n) is 7.26. The van der Waals surface area contributed by atoms with E-state index in [0.29, 0.717) is 30.0 Å². The second-order valence-electron chi connectivity index (χ2n) is 12.2. The van der Waals surface area contributed by atoms with Crippen molar-refractivity contribution >= 4 is 23.2 Å². The fraction of sp³-hybridized carbons (Fsp3) is 0.548. The number of fused-ring (bicyclic) bond motifs is 2. The van der Waals surface area contributed by atoms with E-state index in [-0.39, 0.29) is 16.8 Å². The Bertz CT molecular complexity index is 1390. The first-order valence-corrected chi connectivity index (χ1v) is 14.2. The van der Waals surface area contributed by atoms with Crippen LogP contribution in [0.15, 0.2) is 64.7 Å². The molecule has 4 atom stereocenters. The van der Waals surface area contributed by atoms with Crippen LogP contribution >= 0.6 is 0 Å². The average molecular weight is 531 g/mol. The third-order valence-corrected chi connectivity index (χ3v) is 9.95. The van der Waals surface area contributed by atoms with Crippen molar-refractivity contribution < 1.29 is 14.4 Å². The molecule has 3 aliphatic rings. The molecule has 39 heavy (non-hydrogen) atoms. The van der Waals surface area contributed by atoms with Crippen LogP contribution in [0.5, 0.6) is 0 Å². The minimum absolute atomic E-state index is 0.0488. The van der Waals surface area contributed by atoms with Crippen LogP contribution in [0, 0.1) is 22.7 Å². The number of aromatic nitrogens is 4. The molecule has 8 heteroatoms. The van der Waals surface area contributed by atoms with Crippen LogP contribution in [0.25, 0.3) is 11.2 Å². The van der Waals surface area contributed by atoms with Crippen molar-refractivity contribution in [2.75, 3.05) is 12.3 Å². The van der Waals surface area contributed by atoms with E-state index in [1.54, 1.807) is 18.4 Å². The summed E-state index contributed by atoms with van der Waals surface area (Å²) in [5, 5.41) is 12.5. The molecule has 3 heterocycles. The number of rotatable bonds is 8. The number of anilines is 1. The Morgan fingerprint density at radius 3 is 2.90 bits per heavy atom. The van der Waals surface area contributed by atoms with Crippen LogP contribution < -0.4 is 15.4 Å². The van der Waals surface area contributed by atoms with E-state index < -0.39 is 0 Å². The third kappa shape index (κ3) is 5.01. The summed E-state index contributed by atoms with van der Waals surface area (Å²) in [5.41, 5.74) is 11.2. The molecule has 5 rings (SSSR count). The predicted molar refractivity (Wildman–Crippen MR) is 152 cm³/mol. The number of hydrogen-bond acceptors (Lipinski definition) is 6. The molecule has 0 aromatic carbocycles. The summed E-state index contributed by atoms with van der Waals surface area (Å²) in [6, 6.07) is 0. The Hall–Kier alpha value is -3.42. The quantitative estimate of drug-likeness (QED) is 0.307. The zero-order valence-corrected chi connectivity index (χ0v) is 24.0. The van der Waals surface area contributed by atoms with Crippen molar-refractivity contribution in [3.63, 3.8) is 0 Å². The molecule has 0 radical (unpaired) electrons. The smallest absolute Gasteiger partial charge is 0.307 e. The van der Waals surface area contributed by atoms with Gasteiger partial charge in [-0.25, -0.2) is 4.57 Å². The number of hydrogen-bond donors (Lipinski definition) is 1. The van der Waals surface area contributed by atoms with Gasteiger partial charge in [-0.15, -0.1) is 0 Å². The summed E-state index contributed by atoms with van der Waals surface area (Å²) in [7, 11) is 1.98. The van der Waals surface area contributed by atoms with E-state index in [0.717, 1.165) is 43.4 Å². The first kappa shape index (κ1) is 27.2.